The second kappa shape index (κ2) is 15.6. The third-order valence-electron chi connectivity index (χ3n) is 17.0. The molecule has 0 unspecified atom stereocenters. The number of aliphatic hydroxyl groups is 1. The van der Waals surface area contributed by atoms with E-state index in [1.54, 1.807) is 20.0 Å². The predicted molar refractivity (Wildman–Crippen MR) is 224 cm³/mol. The zero-order valence-corrected chi connectivity index (χ0v) is 37.6. The zero-order valence-electron chi connectivity index (χ0n) is 36.8. The van der Waals surface area contributed by atoms with Crippen molar-refractivity contribution in [3.63, 3.8) is 0 Å². The van der Waals surface area contributed by atoms with Gasteiger partial charge in [-0.25, -0.2) is 0 Å². The maximum atomic E-state index is 14.3. The third-order valence-corrected chi connectivity index (χ3v) is 17.2. The van der Waals surface area contributed by atoms with Crippen LogP contribution in [0.15, 0.2) is 29.5 Å². The molecule has 4 fully saturated rings. The van der Waals surface area contributed by atoms with E-state index in [4.69, 9.17) is 16.3 Å². The summed E-state index contributed by atoms with van der Waals surface area (Å²) in [6.07, 6.45) is 8.70. The van der Waals surface area contributed by atoms with Crippen molar-refractivity contribution in [2.45, 2.75) is 145 Å². The number of esters is 1. The van der Waals surface area contributed by atoms with Crippen molar-refractivity contribution in [3.05, 3.63) is 40.2 Å². The molecule has 0 bridgehead atoms. The summed E-state index contributed by atoms with van der Waals surface area (Å²) in [5, 5.41) is 22.9. The van der Waals surface area contributed by atoms with E-state index in [9.17, 15) is 24.6 Å². The summed E-state index contributed by atoms with van der Waals surface area (Å²) < 4.78 is 6.19. The van der Waals surface area contributed by atoms with Crippen molar-refractivity contribution in [3.8, 4) is 0 Å². The number of aromatic nitrogens is 1. The number of nitrogens with zero attached hydrogens (tertiary/aromatic N) is 3. The summed E-state index contributed by atoms with van der Waals surface area (Å²) in [7, 11) is 4.14. The number of hydrogen-bond acceptors (Lipinski definition) is 8. The number of aliphatic carboxylic acids is 1. The van der Waals surface area contributed by atoms with Gasteiger partial charge >= 0.3 is 11.9 Å². The fourth-order valence-corrected chi connectivity index (χ4v) is 13.7. The Morgan fingerprint density at radius 1 is 0.965 bits per heavy atom. The van der Waals surface area contributed by atoms with Crippen LogP contribution < -0.4 is 0 Å². The van der Waals surface area contributed by atoms with Crippen molar-refractivity contribution >= 4 is 29.3 Å². The van der Waals surface area contributed by atoms with Gasteiger partial charge in [0.2, 0.25) is 0 Å². The van der Waals surface area contributed by atoms with Crippen LogP contribution in [0.1, 0.15) is 132 Å². The molecule has 0 radical (unpaired) electrons. The molecule has 1 aromatic rings. The number of carbonyl (C=O) groups excluding carboxylic acids is 2. The van der Waals surface area contributed by atoms with Crippen molar-refractivity contribution < 1.29 is 29.3 Å². The molecule has 4 saturated carbocycles. The normalized spacial score (nSPS) is 35.5. The van der Waals surface area contributed by atoms with Gasteiger partial charge in [0, 0.05) is 49.6 Å². The molecule has 0 saturated heterocycles. The second-order valence-electron chi connectivity index (χ2n) is 21.6. The van der Waals surface area contributed by atoms with Gasteiger partial charge in [-0.15, -0.1) is 0 Å². The number of ether oxygens (including phenoxy) is 1. The first-order valence-corrected chi connectivity index (χ1v) is 22.2. The van der Waals surface area contributed by atoms with Crippen LogP contribution in [-0.4, -0.2) is 88.7 Å². The second-order valence-corrected chi connectivity index (χ2v) is 22.0. The summed E-state index contributed by atoms with van der Waals surface area (Å²) in [4.78, 5) is 48.3. The molecule has 5 aliphatic carbocycles. The molecule has 318 valence electrons. The van der Waals surface area contributed by atoms with Crippen LogP contribution in [0.2, 0.25) is 5.02 Å². The number of pyridine rings is 1. The molecule has 6 rings (SSSR count). The number of aliphatic hydroxyl groups excluding tert-OH is 1. The van der Waals surface area contributed by atoms with E-state index in [1.807, 2.05) is 12.1 Å². The Morgan fingerprint density at radius 3 is 2.28 bits per heavy atom. The summed E-state index contributed by atoms with van der Waals surface area (Å²) in [5.74, 6) is -0.0495. The smallest absolute Gasteiger partial charge is 0.309 e. The van der Waals surface area contributed by atoms with E-state index in [0.29, 0.717) is 36.4 Å². The molecule has 1 aromatic heterocycles. The Kier molecular flexibility index (Phi) is 12.1. The zero-order chi connectivity index (χ0) is 42.1. The van der Waals surface area contributed by atoms with Crippen LogP contribution in [0, 0.1) is 56.2 Å². The Morgan fingerprint density at radius 2 is 1.67 bits per heavy atom. The maximum Gasteiger partial charge on any atom is 0.309 e. The standard InChI is InChI=1S/C47H72ClN3O6/c1-29(2)39-33(52)24-47(36(53)28-51(23-22-50(10)11)27-31-13-12-30(48)26-49-31)21-20-45(8)32(40(39)47)14-15-35-44(7)18-17-37(57-38(54)25-42(3,4)41(55)56)43(5,6)34(44)16-19-46(35,45)9/h12-13,26,29,32,34-37,53H,14-25,27-28H2,1-11H3,(H,55,56)/t32-,34+,35-,36+,37+,44+,45-,46-,47+/m1/s1. The Balaban J connectivity index is 1.29. The minimum absolute atomic E-state index is 0.0299. The van der Waals surface area contributed by atoms with Crippen LogP contribution in [0.4, 0.5) is 0 Å². The Labute approximate surface area is 347 Å². The predicted octanol–water partition coefficient (Wildman–Crippen LogP) is 8.85. The highest BCUT2D eigenvalue weighted by Gasteiger charge is 2.71. The maximum absolute atomic E-state index is 14.3. The molecule has 5 aliphatic rings. The van der Waals surface area contributed by atoms with Gasteiger partial charge in [-0.3, -0.25) is 24.3 Å². The van der Waals surface area contributed by atoms with Crippen molar-refractivity contribution in [1.29, 1.82) is 0 Å². The number of carboxylic acid groups (broad SMARTS) is 1. The van der Waals surface area contributed by atoms with Gasteiger partial charge in [-0.1, -0.05) is 65.6 Å². The van der Waals surface area contributed by atoms with Crippen LogP contribution >= 0.6 is 11.6 Å². The largest absolute Gasteiger partial charge is 0.481 e. The molecular formula is C47H72ClN3O6. The van der Waals surface area contributed by atoms with Gasteiger partial charge in [0.05, 0.1) is 28.7 Å². The van der Waals surface area contributed by atoms with Crippen molar-refractivity contribution in [1.82, 2.24) is 14.8 Å². The molecule has 9 nitrogen and oxygen atoms in total. The number of likely N-dealkylation sites (N-methyl/N-ethyl adjacent to an activating group) is 1. The van der Waals surface area contributed by atoms with E-state index in [2.05, 4.69) is 77.3 Å². The molecule has 10 heteroatoms. The fraction of sp³-hybridized carbons (Fsp3) is 0.787. The van der Waals surface area contributed by atoms with Crippen LogP contribution in [0.3, 0.4) is 0 Å². The fourth-order valence-electron chi connectivity index (χ4n) is 13.6. The number of hydrogen-bond donors (Lipinski definition) is 2. The molecule has 0 aromatic carbocycles. The highest BCUT2D eigenvalue weighted by molar-refractivity contribution is 6.30. The SMILES string of the molecule is CC(C)C1=C2[C@H]3CC[C@@H]4[C@@]5(C)CC[C@H](OC(=O)CC(C)(C)C(=O)O)C(C)(C)[C@@H]5CC[C@@]4(C)[C@]3(C)CC[C@@]2([C@@H](O)CN(CCN(C)C)Cc2ccc(Cl)cn2)CC1=O. The van der Waals surface area contributed by atoms with Gasteiger partial charge in [0.25, 0.3) is 0 Å². The average Bonchev–Trinajstić information content (AvgIpc) is 3.42. The van der Waals surface area contributed by atoms with E-state index in [-0.39, 0.29) is 51.8 Å². The number of ketones is 1. The molecule has 0 spiro atoms. The topological polar surface area (TPSA) is 120 Å². The van der Waals surface area contributed by atoms with Gasteiger partial charge in [-0.05, 0) is 137 Å². The number of allylic oxidation sites excluding steroid dienone is 1. The molecular weight excluding hydrogens is 738 g/mol. The van der Waals surface area contributed by atoms with E-state index < -0.39 is 28.9 Å². The first kappa shape index (κ1) is 44.2. The summed E-state index contributed by atoms with van der Waals surface area (Å²) in [5.41, 5.74) is 1.21. The highest BCUT2D eigenvalue weighted by Crippen LogP contribution is 2.77. The number of carboxylic acids is 1. The minimum Gasteiger partial charge on any atom is -0.481 e. The van der Waals surface area contributed by atoms with Gasteiger partial charge < -0.3 is 19.8 Å². The summed E-state index contributed by atoms with van der Waals surface area (Å²) in [6, 6.07) is 3.83. The molecule has 0 amide bonds. The molecule has 0 aliphatic heterocycles. The van der Waals surface area contributed by atoms with Gasteiger partial charge in [-0.2, -0.15) is 0 Å². The Hall–Kier alpha value is -2.33. The van der Waals surface area contributed by atoms with Gasteiger partial charge in [0.1, 0.15) is 6.10 Å². The average molecular weight is 811 g/mol. The minimum atomic E-state index is -1.17. The lowest BCUT2D eigenvalue weighted by Gasteiger charge is -2.72. The van der Waals surface area contributed by atoms with E-state index in [1.165, 1.54) is 5.57 Å². The summed E-state index contributed by atoms with van der Waals surface area (Å²) in [6.45, 7) is 22.3. The molecule has 9 atom stereocenters. The third kappa shape index (κ3) is 7.56. The molecule has 1 heterocycles. The van der Waals surface area contributed by atoms with Crippen LogP contribution in [0.5, 0.6) is 0 Å². The van der Waals surface area contributed by atoms with E-state index in [0.717, 1.165) is 75.7 Å². The lowest BCUT2D eigenvalue weighted by Crippen LogP contribution is -2.66. The Bertz CT molecular complexity index is 1740. The lowest BCUT2D eigenvalue weighted by atomic mass is 9.33. The molecule has 2 N–H and O–H groups in total. The van der Waals surface area contributed by atoms with Crippen molar-refractivity contribution in [2.24, 2.45) is 56.2 Å². The number of rotatable bonds is 13. The lowest BCUT2D eigenvalue weighted by molar-refractivity contribution is -0.235. The number of Topliss-reactive ketones (excluding diaryl/α,β-unsaturated/α-hetero) is 1. The number of halogens is 1. The number of fused-ring (bicyclic) bond motifs is 7. The van der Waals surface area contributed by atoms with Crippen LogP contribution in [-0.2, 0) is 25.7 Å². The first-order chi connectivity index (χ1) is 26.4. The highest BCUT2D eigenvalue weighted by atomic mass is 35.5. The van der Waals surface area contributed by atoms with Crippen molar-refractivity contribution in [2.75, 3.05) is 33.7 Å². The first-order valence-electron chi connectivity index (χ1n) is 21.8. The molecule has 57 heavy (non-hydrogen) atoms. The quantitative estimate of drug-likeness (QED) is 0.188. The van der Waals surface area contributed by atoms with E-state index >= 15 is 0 Å². The van der Waals surface area contributed by atoms with Crippen LogP contribution in [0.25, 0.3) is 0 Å². The number of carbonyl (C=O) groups is 3. The monoisotopic (exact) mass is 810 g/mol. The summed E-state index contributed by atoms with van der Waals surface area (Å²) >= 11 is 6.18. The van der Waals surface area contributed by atoms with Gasteiger partial charge in [0.15, 0.2) is 5.78 Å².